The number of piperazine rings is 1. The Hall–Kier alpha value is -2.17. The van der Waals surface area contributed by atoms with Gasteiger partial charge in [0.25, 0.3) is 5.91 Å². The highest BCUT2D eigenvalue weighted by Gasteiger charge is 2.31. The average Bonchev–Trinajstić information content (AvgIpc) is 2.68. The first-order chi connectivity index (χ1) is 13.3. The fourth-order valence-electron chi connectivity index (χ4n) is 2.88. The average molecular weight is 414 g/mol. The van der Waals surface area contributed by atoms with E-state index in [-0.39, 0.29) is 23.4 Å². The topological polar surface area (TPSA) is 109 Å². The van der Waals surface area contributed by atoms with Crippen LogP contribution in [0.2, 0.25) is 0 Å². The lowest BCUT2D eigenvalue weighted by Gasteiger charge is -2.31. The highest BCUT2D eigenvalue weighted by Crippen LogP contribution is 2.19. The molecule has 0 bridgehead atoms. The van der Waals surface area contributed by atoms with Crippen molar-refractivity contribution >= 4 is 22.0 Å². The molecule has 0 spiro atoms. The molecule has 0 radical (unpaired) electrons. The van der Waals surface area contributed by atoms with E-state index in [1.54, 1.807) is 12.1 Å². The number of quaternary nitrogens is 1. The number of nitrogens with zero attached hydrogens (tertiary/aromatic N) is 1. The predicted octanol–water partition coefficient (Wildman–Crippen LogP) is -0.791. The number of hydrogen-bond acceptors (Lipinski definition) is 5. The minimum atomic E-state index is -3.57. The standard InChI is InChI=1S/C18H28N4O5S/c1-4-14(2)19-18(24)20-17(23)13-21-9-11-22(12-10-21)28(25,26)16-7-5-15(27-3)6-8-16/h5-8,14H,4,9-13H2,1-3H3,(H2,19,20,23,24)/p+1/t14-/m0/s1. The number of hydrogen-bond donors (Lipinski definition) is 3. The van der Waals surface area contributed by atoms with Crippen LogP contribution in [0, 0.1) is 0 Å². The van der Waals surface area contributed by atoms with Gasteiger partial charge in [-0.2, -0.15) is 4.31 Å². The van der Waals surface area contributed by atoms with Crippen molar-refractivity contribution in [1.82, 2.24) is 14.9 Å². The molecule has 1 heterocycles. The molecule has 1 fully saturated rings. The molecule has 2 rings (SSSR count). The number of benzene rings is 1. The summed E-state index contributed by atoms with van der Waals surface area (Å²) in [5.41, 5.74) is 0. The molecule has 1 atom stereocenters. The van der Waals surface area contributed by atoms with Crippen molar-refractivity contribution in [3.63, 3.8) is 0 Å². The lowest BCUT2D eigenvalue weighted by molar-refractivity contribution is -0.895. The summed E-state index contributed by atoms with van der Waals surface area (Å²) in [5, 5.41) is 4.99. The number of amides is 3. The molecule has 0 saturated carbocycles. The molecule has 28 heavy (non-hydrogen) atoms. The number of sulfonamides is 1. The molecule has 0 aliphatic carbocycles. The summed E-state index contributed by atoms with van der Waals surface area (Å²) in [6.45, 7) is 5.55. The van der Waals surface area contributed by atoms with Crippen LogP contribution in [0.3, 0.4) is 0 Å². The zero-order valence-electron chi connectivity index (χ0n) is 16.5. The van der Waals surface area contributed by atoms with Crippen molar-refractivity contribution in [3.05, 3.63) is 24.3 Å². The van der Waals surface area contributed by atoms with E-state index in [9.17, 15) is 18.0 Å². The SMILES string of the molecule is CC[C@H](C)NC(=O)NC(=O)C[NH+]1CCN(S(=O)(=O)c2ccc(OC)cc2)CC1. The van der Waals surface area contributed by atoms with Crippen LogP contribution < -0.4 is 20.3 Å². The summed E-state index contributed by atoms with van der Waals surface area (Å²) in [5.74, 6) is 0.221. The van der Waals surface area contributed by atoms with Gasteiger partial charge in [0.2, 0.25) is 10.0 Å². The summed E-state index contributed by atoms with van der Waals surface area (Å²) in [4.78, 5) is 24.9. The molecule has 9 nitrogen and oxygen atoms in total. The molecule has 1 saturated heterocycles. The Morgan fingerprint density at radius 3 is 2.36 bits per heavy atom. The maximum absolute atomic E-state index is 12.7. The Morgan fingerprint density at radius 1 is 1.21 bits per heavy atom. The van der Waals surface area contributed by atoms with Crippen molar-refractivity contribution in [2.45, 2.75) is 31.2 Å². The summed E-state index contributed by atoms with van der Waals surface area (Å²) in [6.07, 6.45) is 0.775. The first kappa shape index (κ1) is 22.1. The number of urea groups is 1. The van der Waals surface area contributed by atoms with Crippen molar-refractivity contribution in [1.29, 1.82) is 0 Å². The van der Waals surface area contributed by atoms with E-state index in [2.05, 4.69) is 10.6 Å². The number of imide groups is 1. The van der Waals surface area contributed by atoms with Gasteiger partial charge in [0, 0.05) is 6.04 Å². The Balaban J connectivity index is 1.84. The Bertz CT molecular complexity index is 774. The Labute approximate surface area is 166 Å². The molecule has 10 heteroatoms. The quantitative estimate of drug-likeness (QED) is 0.543. The first-order valence-electron chi connectivity index (χ1n) is 9.34. The maximum atomic E-state index is 12.7. The minimum Gasteiger partial charge on any atom is -0.497 e. The van der Waals surface area contributed by atoms with Crippen molar-refractivity contribution in [2.75, 3.05) is 39.8 Å². The van der Waals surface area contributed by atoms with E-state index >= 15 is 0 Å². The normalized spacial score (nSPS) is 17.0. The molecule has 0 aromatic heterocycles. The van der Waals surface area contributed by atoms with E-state index in [0.29, 0.717) is 31.9 Å². The van der Waals surface area contributed by atoms with Crippen LogP contribution in [0.25, 0.3) is 0 Å². The van der Waals surface area contributed by atoms with Crippen LogP contribution in [0.15, 0.2) is 29.2 Å². The molecular formula is C18H29N4O5S+. The van der Waals surface area contributed by atoms with Gasteiger partial charge >= 0.3 is 6.03 Å². The van der Waals surface area contributed by atoms with Crippen LogP contribution in [-0.2, 0) is 14.8 Å². The van der Waals surface area contributed by atoms with E-state index < -0.39 is 16.1 Å². The fraction of sp³-hybridized carbons (Fsp3) is 0.556. The van der Waals surface area contributed by atoms with Crippen molar-refractivity contribution < 1.29 is 27.6 Å². The van der Waals surface area contributed by atoms with Crippen molar-refractivity contribution in [3.8, 4) is 5.75 Å². The lowest BCUT2D eigenvalue weighted by atomic mass is 10.3. The third kappa shape index (κ3) is 5.91. The van der Waals surface area contributed by atoms with Crippen LogP contribution in [-0.4, -0.2) is 70.5 Å². The third-order valence-electron chi connectivity index (χ3n) is 4.78. The molecule has 156 valence electrons. The van der Waals surface area contributed by atoms with Gasteiger partial charge in [-0.05, 0) is 37.6 Å². The predicted molar refractivity (Wildman–Crippen MR) is 104 cm³/mol. The van der Waals surface area contributed by atoms with Gasteiger partial charge < -0.3 is 15.0 Å². The zero-order chi connectivity index (χ0) is 20.7. The molecule has 1 aliphatic heterocycles. The van der Waals surface area contributed by atoms with Gasteiger partial charge in [0.1, 0.15) is 5.75 Å². The fourth-order valence-corrected chi connectivity index (χ4v) is 4.32. The number of nitrogens with one attached hydrogen (secondary N) is 3. The van der Waals surface area contributed by atoms with Gasteiger partial charge in [-0.3, -0.25) is 10.1 Å². The van der Waals surface area contributed by atoms with Gasteiger partial charge in [0.15, 0.2) is 6.54 Å². The highest BCUT2D eigenvalue weighted by atomic mass is 32.2. The van der Waals surface area contributed by atoms with E-state index in [1.807, 2.05) is 13.8 Å². The monoisotopic (exact) mass is 413 g/mol. The summed E-state index contributed by atoms with van der Waals surface area (Å²) in [6, 6.07) is 5.77. The minimum absolute atomic E-state index is 0.00754. The van der Waals surface area contributed by atoms with Crippen LogP contribution >= 0.6 is 0 Å². The summed E-state index contributed by atoms with van der Waals surface area (Å²) < 4.78 is 31.9. The number of rotatable bonds is 7. The molecule has 1 aromatic rings. The van der Waals surface area contributed by atoms with Crippen LogP contribution in [0.4, 0.5) is 4.79 Å². The van der Waals surface area contributed by atoms with Gasteiger partial charge in [-0.15, -0.1) is 0 Å². The molecule has 0 unspecified atom stereocenters. The summed E-state index contributed by atoms with van der Waals surface area (Å²) >= 11 is 0. The number of carbonyl (C=O) groups is 2. The van der Waals surface area contributed by atoms with Crippen LogP contribution in [0.1, 0.15) is 20.3 Å². The summed E-state index contributed by atoms with van der Waals surface area (Å²) in [7, 11) is -2.05. The van der Waals surface area contributed by atoms with E-state index in [0.717, 1.165) is 11.3 Å². The maximum Gasteiger partial charge on any atom is 0.321 e. The molecule has 3 amide bonds. The smallest absolute Gasteiger partial charge is 0.321 e. The lowest BCUT2D eigenvalue weighted by Crippen LogP contribution is -3.15. The molecular weight excluding hydrogens is 384 g/mol. The second kappa shape index (κ2) is 9.85. The first-order valence-corrected chi connectivity index (χ1v) is 10.8. The van der Waals surface area contributed by atoms with Gasteiger partial charge in [-0.25, -0.2) is 13.2 Å². The van der Waals surface area contributed by atoms with E-state index in [1.165, 1.54) is 23.5 Å². The number of carbonyl (C=O) groups excluding carboxylic acids is 2. The molecule has 1 aromatic carbocycles. The van der Waals surface area contributed by atoms with Crippen LogP contribution in [0.5, 0.6) is 5.75 Å². The zero-order valence-corrected chi connectivity index (χ0v) is 17.3. The highest BCUT2D eigenvalue weighted by molar-refractivity contribution is 7.89. The Kier molecular flexibility index (Phi) is 7.78. The van der Waals surface area contributed by atoms with Crippen molar-refractivity contribution in [2.24, 2.45) is 0 Å². The number of ether oxygens (including phenoxy) is 1. The third-order valence-corrected chi connectivity index (χ3v) is 6.69. The van der Waals surface area contributed by atoms with E-state index in [4.69, 9.17) is 4.74 Å². The number of methoxy groups -OCH3 is 1. The largest absolute Gasteiger partial charge is 0.497 e. The Morgan fingerprint density at radius 2 is 1.82 bits per heavy atom. The molecule has 3 N–H and O–H groups in total. The van der Waals surface area contributed by atoms with Gasteiger partial charge in [0.05, 0.1) is 38.2 Å². The second-order valence-electron chi connectivity index (χ2n) is 6.84. The van der Waals surface area contributed by atoms with Gasteiger partial charge in [-0.1, -0.05) is 6.92 Å². The molecule has 1 aliphatic rings. The second-order valence-corrected chi connectivity index (χ2v) is 8.78.